The molecule has 126 valence electrons. The molecule has 0 radical (unpaired) electrons. The molecule has 2 N–H and O–H groups in total. The van der Waals surface area contributed by atoms with Gasteiger partial charge >= 0.3 is 5.97 Å². The number of esters is 1. The molecule has 7 nitrogen and oxygen atoms in total. The van der Waals surface area contributed by atoms with Gasteiger partial charge in [-0.3, -0.25) is 9.59 Å². The molecule has 0 saturated carbocycles. The lowest BCUT2D eigenvalue weighted by Gasteiger charge is -2.14. The molecule has 0 amide bonds. The number of cyclic esters (lactones) is 1. The van der Waals surface area contributed by atoms with Gasteiger partial charge in [-0.05, 0) is 23.8 Å². The number of carbonyl (C=O) groups excluding carboxylic acids is 1. The summed E-state index contributed by atoms with van der Waals surface area (Å²) in [5.74, 6) is -0.347. The van der Waals surface area contributed by atoms with E-state index in [1.165, 1.54) is 6.26 Å². The number of H-pyrrole nitrogens is 2. The van der Waals surface area contributed by atoms with E-state index < -0.39 is 0 Å². The van der Waals surface area contributed by atoms with Gasteiger partial charge in [-0.15, -0.1) is 0 Å². The summed E-state index contributed by atoms with van der Waals surface area (Å²) in [5.41, 5.74) is 5.41. The maximum Gasteiger partial charge on any atom is 0.315 e. The first-order valence-corrected chi connectivity index (χ1v) is 8.30. The quantitative estimate of drug-likeness (QED) is 0.409. The monoisotopic (exact) mass is 344 g/mol. The Morgan fingerprint density at radius 1 is 1.23 bits per heavy atom. The molecule has 0 saturated heterocycles. The fraction of sp³-hybridized carbons (Fsp3) is 0.105. The third-order valence-corrected chi connectivity index (χ3v) is 5.21. The van der Waals surface area contributed by atoms with Crippen LogP contribution in [-0.4, -0.2) is 25.5 Å². The molecule has 7 heteroatoms. The SMILES string of the molecule is O=C1Cc2cc3n(c(=O)c2=CO1)Cc1c2[nH]cnc4cccc([nH]c1=3)c4-2. The zero-order chi connectivity index (χ0) is 17.4. The van der Waals surface area contributed by atoms with E-state index in [-0.39, 0.29) is 17.9 Å². The van der Waals surface area contributed by atoms with Gasteiger partial charge in [0.15, 0.2) is 0 Å². The summed E-state index contributed by atoms with van der Waals surface area (Å²) >= 11 is 0. The van der Waals surface area contributed by atoms with Crippen molar-refractivity contribution in [1.82, 2.24) is 19.5 Å². The highest BCUT2D eigenvalue weighted by molar-refractivity contribution is 5.92. The molecular formula is C19H12N4O3. The van der Waals surface area contributed by atoms with E-state index >= 15 is 0 Å². The summed E-state index contributed by atoms with van der Waals surface area (Å²) in [5, 5.41) is 2.14. The van der Waals surface area contributed by atoms with Crippen molar-refractivity contribution in [2.45, 2.75) is 13.0 Å². The highest BCUT2D eigenvalue weighted by Gasteiger charge is 2.24. The molecule has 4 aliphatic rings. The van der Waals surface area contributed by atoms with Crippen molar-refractivity contribution in [3.8, 4) is 11.3 Å². The number of hydrogen-bond acceptors (Lipinski definition) is 4. The van der Waals surface area contributed by atoms with Crippen LogP contribution in [-0.2, 0) is 22.5 Å². The van der Waals surface area contributed by atoms with Crippen molar-refractivity contribution >= 4 is 23.3 Å². The number of ether oxygens (including phenoxy) is 1. The van der Waals surface area contributed by atoms with E-state index in [1.54, 1.807) is 10.9 Å². The molecule has 5 heterocycles. The Balaban J connectivity index is 1.86. The van der Waals surface area contributed by atoms with E-state index in [2.05, 4.69) is 15.0 Å². The predicted octanol–water partition coefficient (Wildman–Crippen LogP) is 0.925. The van der Waals surface area contributed by atoms with Crippen molar-refractivity contribution in [3.05, 3.63) is 68.0 Å². The number of hydrogen-bond donors (Lipinski definition) is 2. The van der Waals surface area contributed by atoms with Gasteiger partial charge in [0.1, 0.15) is 6.26 Å². The Labute approximate surface area is 145 Å². The molecule has 0 fully saturated rings. The second kappa shape index (κ2) is 4.51. The van der Waals surface area contributed by atoms with Crippen molar-refractivity contribution in [1.29, 1.82) is 0 Å². The van der Waals surface area contributed by atoms with Crippen LogP contribution in [0.3, 0.4) is 0 Å². The summed E-state index contributed by atoms with van der Waals surface area (Å²) in [7, 11) is 0. The standard InChI is InChI=1S/C19H12N4O3/c24-15-5-9-4-14-17-10(6-23(14)19(25)11(9)7-26-15)18-16-12(20-8-21-18)2-1-3-13(16)22-17/h1-4,7-8,22H,5-6H2,(H,20,21). The average molecular weight is 344 g/mol. The Kier molecular flexibility index (Phi) is 2.37. The van der Waals surface area contributed by atoms with Gasteiger partial charge in [-0.1, -0.05) is 6.07 Å². The topological polar surface area (TPSA) is 92.8 Å². The van der Waals surface area contributed by atoms with E-state index in [1.807, 2.05) is 24.3 Å². The van der Waals surface area contributed by atoms with Crippen molar-refractivity contribution in [2.24, 2.45) is 0 Å². The molecule has 0 unspecified atom stereocenters. The van der Waals surface area contributed by atoms with Crippen molar-refractivity contribution in [3.63, 3.8) is 0 Å². The minimum absolute atomic E-state index is 0.111. The van der Waals surface area contributed by atoms with Gasteiger partial charge in [-0.25, -0.2) is 4.98 Å². The number of fused-ring (bicyclic) bond motifs is 4. The largest absolute Gasteiger partial charge is 0.433 e. The first-order chi connectivity index (χ1) is 12.7. The first-order valence-electron chi connectivity index (χ1n) is 8.30. The Hall–Kier alpha value is -3.61. The number of aromatic amines is 2. The van der Waals surface area contributed by atoms with Crippen LogP contribution in [0.5, 0.6) is 0 Å². The molecule has 0 bridgehead atoms. The Bertz CT molecular complexity index is 1450. The molecule has 2 aromatic rings. The number of aromatic nitrogens is 4. The highest BCUT2D eigenvalue weighted by atomic mass is 16.5. The van der Waals surface area contributed by atoms with E-state index in [0.29, 0.717) is 17.3 Å². The number of pyridine rings is 2. The number of carbonyl (C=O) groups is 1. The zero-order valence-electron chi connectivity index (χ0n) is 13.5. The van der Waals surface area contributed by atoms with Crippen LogP contribution in [0.15, 0.2) is 35.4 Å². The first kappa shape index (κ1) is 13.7. The lowest BCUT2D eigenvalue weighted by atomic mass is 10.0. The highest BCUT2D eigenvalue weighted by Crippen LogP contribution is 2.33. The van der Waals surface area contributed by atoms with Gasteiger partial charge in [0.25, 0.3) is 5.56 Å². The fourth-order valence-corrected chi connectivity index (χ4v) is 4.03. The second-order valence-corrected chi connectivity index (χ2v) is 6.60. The molecule has 0 atom stereocenters. The van der Waals surface area contributed by atoms with Gasteiger partial charge in [0.05, 0.1) is 51.9 Å². The number of nitrogens with zero attached hydrogens (tertiary/aromatic N) is 2. The molecule has 0 spiro atoms. The lowest BCUT2D eigenvalue weighted by molar-refractivity contribution is -0.135. The van der Waals surface area contributed by atoms with Gasteiger partial charge < -0.3 is 19.3 Å². The van der Waals surface area contributed by atoms with Crippen LogP contribution < -0.4 is 10.8 Å². The smallest absolute Gasteiger partial charge is 0.315 e. The summed E-state index contributed by atoms with van der Waals surface area (Å²) in [6.45, 7) is 0.454. The maximum atomic E-state index is 12.9. The zero-order valence-corrected chi connectivity index (χ0v) is 13.5. The molecular weight excluding hydrogens is 332 g/mol. The summed E-state index contributed by atoms with van der Waals surface area (Å²) in [6, 6.07) is 7.83. The normalized spacial score (nSPS) is 14.7. The predicted molar refractivity (Wildman–Crippen MR) is 92.8 cm³/mol. The van der Waals surface area contributed by atoms with Gasteiger partial charge in [0.2, 0.25) is 0 Å². The van der Waals surface area contributed by atoms with Crippen molar-refractivity contribution < 1.29 is 9.53 Å². The number of nitrogens with one attached hydrogen (secondary N) is 2. The Morgan fingerprint density at radius 3 is 3.08 bits per heavy atom. The van der Waals surface area contributed by atoms with Crippen molar-refractivity contribution in [2.75, 3.05) is 0 Å². The van der Waals surface area contributed by atoms with Crippen LogP contribution in [0.25, 0.3) is 28.6 Å². The summed E-state index contributed by atoms with van der Waals surface area (Å²) < 4.78 is 6.66. The molecule has 0 aliphatic carbocycles. The number of benzene rings is 1. The van der Waals surface area contributed by atoms with Crippen LogP contribution in [0.2, 0.25) is 0 Å². The van der Waals surface area contributed by atoms with E-state index in [0.717, 1.165) is 38.6 Å². The summed E-state index contributed by atoms with van der Waals surface area (Å²) in [6.07, 6.45) is 3.06. The molecule has 26 heavy (non-hydrogen) atoms. The van der Waals surface area contributed by atoms with Gasteiger partial charge in [0, 0.05) is 11.1 Å². The van der Waals surface area contributed by atoms with E-state index in [4.69, 9.17) is 4.74 Å². The third-order valence-electron chi connectivity index (χ3n) is 5.21. The average Bonchev–Trinajstić information content (AvgIpc) is 3.01. The van der Waals surface area contributed by atoms with Crippen LogP contribution >= 0.6 is 0 Å². The molecule has 6 rings (SSSR count). The van der Waals surface area contributed by atoms with Crippen LogP contribution in [0, 0.1) is 10.7 Å². The summed E-state index contributed by atoms with van der Waals surface area (Å²) in [4.78, 5) is 35.6. The minimum Gasteiger partial charge on any atom is -0.433 e. The molecule has 1 aromatic carbocycles. The fourth-order valence-electron chi connectivity index (χ4n) is 4.03. The third kappa shape index (κ3) is 1.59. The Morgan fingerprint density at radius 2 is 2.15 bits per heavy atom. The maximum absolute atomic E-state index is 12.9. The van der Waals surface area contributed by atoms with Gasteiger partial charge in [-0.2, -0.15) is 0 Å². The van der Waals surface area contributed by atoms with Crippen LogP contribution in [0.1, 0.15) is 11.1 Å². The molecule has 4 aliphatic heterocycles. The second-order valence-electron chi connectivity index (χ2n) is 6.60. The number of rotatable bonds is 0. The molecule has 1 aromatic heterocycles. The minimum atomic E-state index is -0.347. The lowest BCUT2D eigenvalue weighted by Crippen LogP contribution is -2.40. The van der Waals surface area contributed by atoms with E-state index in [9.17, 15) is 9.59 Å². The van der Waals surface area contributed by atoms with Crippen LogP contribution in [0.4, 0.5) is 0 Å².